The van der Waals surface area contributed by atoms with Crippen molar-refractivity contribution < 1.29 is 18.0 Å². The van der Waals surface area contributed by atoms with Crippen molar-refractivity contribution in [2.75, 3.05) is 0 Å². The smallest absolute Gasteiger partial charge is 0.340 e. The number of carbonyl (C=O) groups excluding carboxylic acids is 1. The lowest BCUT2D eigenvalue weighted by Gasteiger charge is -2.47. The fourth-order valence-electron chi connectivity index (χ4n) is 5.72. The zero-order valence-corrected chi connectivity index (χ0v) is 20.1. The molecule has 2 saturated heterocycles. The Kier molecular flexibility index (Phi) is 5.89. The van der Waals surface area contributed by atoms with Crippen LogP contribution >= 0.6 is 0 Å². The summed E-state index contributed by atoms with van der Waals surface area (Å²) in [6.45, 7) is 1.81. The number of nitrogens with zero attached hydrogens (tertiary/aromatic N) is 5. The largest absolute Gasteiger partial charge is 0.433 e. The number of pyridine rings is 1. The van der Waals surface area contributed by atoms with Gasteiger partial charge in [-0.05, 0) is 50.3 Å². The maximum atomic E-state index is 13.2. The highest BCUT2D eigenvalue weighted by molar-refractivity contribution is 5.82. The van der Waals surface area contributed by atoms with Crippen LogP contribution in [0.5, 0.6) is 0 Å². The Balaban J connectivity index is 1.22. The van der Waals surface area contributed by atoms with Crippen molar-refractivity contribution in [3.63, 3.8) is 0 Å². The van der Waals surface area contributed by atoms with Gasteiger partial charge in [0.05, 0.1) is 24.3 Å². The second-order valence-corrected chi connectivity index (χ2v) is 10.4. The van der Waals surface area contributed by atoms with Gasteiger partial charge in [-0.25, -0.2) is 20.4 Å². The topological polar surface area (TPSA) is 119 Å². The monoisotopic (exact) mass is 512 g/mol. The molecule has 2 saturated carbocycles. The van der Waals surface area contributed by atoms with E-state index in [1.165, 1.54) is 12.3 Å². The number of aromatic nitrogens is 3. The molecule has 0 aromatic carbocycles. The molecule has 0 radical (unpaired) electrons. The number of fused-ring (bicyclic) bond motifs is 1. The minimum atomic E-state index is -4.53. The summed E-state index contributed by atoms with van der Waals surface area (Å²) >= 11 is 0. The van der Waals surface area contributed by atoms with Gasteiger partial charge in [-0.3, -0.25) is 15.1 Å². The Labute approximate surface area is 211 Å². The van der Waals surface area contributed by atoms with E-state index in [1.54, 1.807) is 11.9 Å². The van der Waals surface area contributed by atoms with E-state index >= 15 is 0 Å². The molecule has 1 amide bonds. The van der Waals surface area contributed by atoms with Gasteiger partial charge in [-0.15, -0.1) is 0 Å². The SMILES string of the molecule is C[C@@H](c1ccc(C(F)(F)F)nc1)N1NC(C#N)C2C(=O)NC([C@@H]3CC[C@H]3c3nccc(C4CC4)n3)NC21. The third kappa shape index (κ3) is 4.35. The van der Waals surface area contributed by atoms with Crippen molar-refractivity contribution in [2.24, 2.45) is 11.8 Å². The molecule has 2 aliphatic carbocycles. The quantitative estimate of drug-likeness (QED) is 0.560. The highest BCUT2D eigenvalue weighted by Gasteiger charge is 2.54. The number of nitrogens with one attached hydrogen (secondary N) is 3. The molecule has 9 nitrogen and oxygen atoms in total. The summed E-state index contributed by atoms with van der Waals surface area (Å²) < 4.78 is 38.9. The number of rotatable bonds is 5. The predicted octanol–water partition coefficient (Wildman–Crippen LogP) is 2.72. The van der Waals surface area contributed by atoms with E-state index in [9.17, 15) is 23.2 Å². The first kappa shape index (κ1) is 24.2. The average molecular weight is 513 g/mol. The van der Waals surface area contributed by atoms with Gasteiger partial charge >= 0.3 is 6.18 Å². The number of hydrazine groups is 1. The number of alkyl halides is 3. The molecule has 0 bridgehead atoms. The van der Waals surface area contributed by atoms with Crippen molar-refractivity contribution in [2.45, 2.75) is 75.0 Å². The van der Waals surface area contributed by atoms with Crippen molar-refractivity contribution in [1.82, 2.24) is 36.0 Å². The van der Waals surface area contributed by atoms with Crippen LogP contribution < -0.4 is 16.1 Å². The molecule has 4 unspecified atom stereocenters. The second kappa shape index (κ2) is 9.01. The van der Waals surface area contributed by atoms with Gasteiger partial charge in [0.25, 0.3) is 0 Å². The van der Waals surface area contributed by atoms with Gasteiger partial charge in [0.1, 0.15) is 17.6 Å². The molecule has 194 valence electrons. The molecule has 0 spiro atoms. The van der Waals surface area contributed by atoms with Crippen LogP contribution in [0.1, 0.15) is 73.3 Å². The molecular weight excluding hydrogens is 485 g/mol. The van der Waals surface area contributed by atoms with Crippen LogP contribution in [0.25, 0.3) is 0 Å². The molecule has 12 heteroatoms. The first-order chi connectivity index (χ1) is 17.7. The number of carbonyl (C=O) groups is 1. The van der Waals surface area contributed by atoms with Gasteiger partial charge in [0.2, 0.25) is 5.91 Å². The van der Waals surface area contributed by atoms with Gasteiger partial charge in [0, 0.05) is 41.9 Å². The molecule has 37 heavy (non-hydrogen) atoms. The van der Waals surface area contributed by atoms with Crippen molar-refractivity contribution in [3.8, 4) is 6.07 Å². The number of halogens is 3. The summed E-state index contributed by atoms with van der Waals surface area (Å²) in [4.78, 5) is 26.1. The van der Waals surface area contributed by atoms with E-state index < -0.39 is 36.0 Å². The van der Waals surface area contributed by atoms with Crippen LogP contribution in [0, 0.1) is 23.2 Å². The van der Waals surface area contributed by atoms with Crippen LogP contribution in [0.2, 0.25) is 0 Å². The van der Waals surface area contributed by atoms with Crippen molar-refractivity contribution in [1.29, 1.82) is 5.26 Å². The maximum absolute atomic E-state index is 13.2. The van der Waals surface area contributed by atoms with E-state index in [2.05, 4.69) is 32.1 Å². The first-order valence-electron chi connectivity index (χ1n) is 12.6. The van der Waals surface area contributed by atoms with Gasteiger partial charge < -0.3 is 5.32 Å². The Hall–Kier alpha value is -3.14. The van der Waals surface area contributed by atoms with E-state index in [4.69, 9.17) is 4.98 Å². The summed E-state index contributed by atoms with van der Waals surface area (Å²) in [6, 6.07) is 5.22. The number of hydrogen-bond acceptors (Lipinski definition) is 8. The standard InChI is InChI=1S/C25H27F3N8O/c1-12(14-4-7-19(31-11-14)25(26,27)28)36-23-20(18(10-29)35-36)24(37)34-22(33-23)16-6-5-15(16)21-30-9-8-17(32-21)13-2-3-13/h4,7-9,11-13,15-16,18,20,22-23,33,35H,2-3,5-6H2,1H3,(H,34,37)/t12-,15+,16+,18?,20?,22?,23?/m0/s1. The number of hydrogen-bond donors (Lipinski definition) is 3. The molecule has 7 atom stereocenters. The van der Waals surface area contributed by atoms with Gasteiger partial charge in [0.15, 0.2) is 0 Å². The zero-order valence-electron chi connectivity index (χ0n) is 20.1. The van der Waals surface area contributed by atoms with Gasteiger partial charge in [-0.1, -0.05) is 6.07 Å². The summed E-state index contributed by atoms with van der Waals surface area (Å²) in [7, 11) is 0. The van der Waals surface area contributed by atoms with Gasteiger partial charge in [-0.2, -0.15) is 18.4 Å². The Bertz CT molecular complexity index is 1230. The lowest BCUT2D eigenvalue weighted by molar-refractivity contribution is -0.141. The number of amides is 1. The highest BCUT2D eigenvalue weighted by atomic mass is 19.4. The van der Waals surface area contributed by atoms with Crippen LogP contribution in [-0.4, -0.2) is 44.2 Å². The van der Waals surface area contributed by atoms with Crippen LogP contribution in [0.3, 0.4) is 0 Å². The van der Waals surface area contributed by atoms with E-state index in [-0.39, 0.29) is 23.9 Å². The summed E-state index contributed by atoms with van der Waals surface area (Å²) in [5, 5.41) is 18.1. The summed E-state index contributed by atoms with van der Waals surface area (Å²) in [5.74, 6) is 0.616. The van der Waals surface area contributed by atoms with E-state index in [1.807, 2.05) is 12.3 Å². The van der Waals surface area contributed by atoms with E-state index in [0.29, 0.717) is 11.5 Å². The van der Waals surface area contributed by atoms with Crippen molar-refractivity contribution >= 4 is 5.91 Å². The fourth-order valence-corrected chi connectivity index (χ4v) is 5.72. The lowest BCUT2D eigenvalue weighted by atomic mass is 9.70. The zero-order chi connectivity index (χ0) is 25.9. The summed E-state index contributed by atoms with van der Waals surface area (Å²) in [5.41, 5.74) is 3.75. The molecule has 4 fully saturated rings. The van der Waals surface area contributed by atoms with Crippen LogP contribution in [0.15, 0.2) is 30.6 Å². The third-order valence-corrected chi connectivity index (χ3v) is 8.13. The van der Waals surface area contributed by atoms with E-state index in [0.717, 1.165) is 43.3 Å². The minimum absolute atomic E-state index is 0.0883. The Morgan fingerprint density at radius 3 is 2.59 bits per heavy atom. The molecule has 6 rings (SSSR count). The highest BCUT2D eigenvalue weighted by Crippen LogP contribution is 2.45. The van der Waals surface area contributed by atoms with Crippen LogP contribution in [-0.2, 0) is 11.0 Å². The van der Waals surface area contributed by atoms with Crippen LogP contribution in [0.4, 0.5) is 13.2 Å². The number of nitriles is 1. The molecule has 3 N–H and O–H groups in total. The molecule has 4 aliphatic rings. The summed E-state index contributed by atoms with van der Waals surface area (Å²) in [6.07, 6.45) is 1.74. The predicted molar refractivity (Wildman–Crippen MR) is 124 cm³/mol. The normalized spacial score (nSPS) is 32.7. The molecule has 2 aromatic heterocycles. The van der Waals surface area contributed by atoms with Crippen molar-refractivity contribution in [3.05, 3.63) is 53.4 Å². The average Bonchev–Trinajstić information content (AvgIpc) is 3.64. The third-order valence-electron chi connectivity index (χ3n) is 8.13. The Morgan fingerprint density at radius 2 is 1.97 bits per heavy atom. The minimum Gasteiger partial charge on any atom is -0.340 e. The molecule has 2 aliphatic heterocycles. The molecule has 4 heterocycles. The molecular formula is C25H27F3N8O. The second-order valence-electron chi connectivity index (χ2n) is 10.4. The molecule has 2 aromatic rings. The Morgan fingerprint density at radius 1 is 1.16 bits per heavy atom. The maximum Gasteiger partial charge on any atom is 0.433 e. The fraction of sp³-hybridized carbons (Fsp3) is 0.560. The lowest BCUT2D eigenvalue weighted by Crippen LogP contribution is -2.68. The first-order valence-corrected chi connectivity index (χ1v) is 12.6.